The molecule has 1 aliphatic rings. The van der Waals surface area contributed by atoms with Gasteiger partial charge in [0.1, 0.15) is 5.41 Å². The molecule has 150 valence electrons. The number of hydrogen-bond acceptors (Lipinski definition) is 1. The highest BCUT2D eigenvalue weighted by Gasteiger charge is 2.55. The SMILES string of the molecule is C=CCN1C(=O)C(c2c[nH]c3ccccc23)(c2c[nH]c3ccccc23)c2ccccc21. The fourth-order valence-electron chi connectivity index (χ4n) is 5.19. The molecule has 0 saturated carbocycles. The van der Waals surface area contributed by atoms with Gasteiger partial charge in [-0.05, 0) is 18.2 Å². The van der Waals surface area contributed by atoms with Gasteiger partial charge in [-0.25, -0.2) is 0 Å². The van der Waals surface area contributed by atoms with Gasteiger partial charge < -0.3 is 14.9 Å². The lowest BCUT2D eigenvalue weighted by atomic mass is 9.70. The fourth-order valence-corrected chi connectivity index (χ4v) is 5.19. The highest BCUT2D eigenvalue weighted by Crippen LogP contribution is 2.53. The van der Waals surface area contributed by atoms with Crippen molar-refractivity contribution in [2.45, 2.75) is 5.41 Å². The van der Waals surface area contributed by atoms with Crippen LogP contribution in [0.1, 0.15) is 16.7 Å². The van der Waals surface area contributed by atoms with E-state index in [1.54, 1.807) is 6.08 Å². The molecule has 2 N–H and O–H groups in total. The number of aromatic amines is 2. The van der Waals surface area contributed by atoms with Gasteiger partial charge in [-0.1, -0.05) is 60.7 Å². The zero-order valence-corrected chi connectivity index (χ0v) is 16.9. The first-order valence-electron chi connectivity index (χ1n) is 10.4. The normalized spacial score (nSPS) is 15.0. The van der Waals surface area contributed by atoms with Crippen molar-refractivity contribution in [2.75, 3.05) is 11.4 Å². The highest BCUT2D eigenvalue weighted by atomic mass is 16.2. The van der Waals surface area contributed by atoms with Crippen molar-refractivity contribution in [1.82, 2.24) is 9.97 Å². The van der Waals surface area contributed by atoms with E-state index < -0.39 is 5.41 Å². The first-order chi connectivity index (χ1) is 15.3. The van der Waals surface area contributed by atoms with Crippen LogP contribution in [0.4, 0.5) is 5.69 Å². The number of carbonyl (C=O) groups excluding carboxylic acids is 1. The summed E-state index contributed by atoms with van der Waals surface area (Å²) >= 11 is 0. The summed E-state index contributed by atoms with van der Waals surface area (Å²) in [6, 6.07) is 24.5. The Labute approximate surface area is 179 Å². The minimum absolute atomic E-state index is 0.0445. The number of nitrogens with one attached hydrogen (secondary N) is 2. The molecule has 6 rings (SSSR count). The Morgan fingerprint density at radius 2 is 1.32 bits per heavy atom. The van der Waals surface area contributed by atoms with Gasteiger partial charge in [-0.15, -0.1) is 6.58 Å². The average molecular weight is 403 g/mol. The molecule has 0 aliphatic carbocycles. The predicted molar refractivity (Wildman–Crippen MR) is 125 cm³/mol. The second kappa shape index (κ2) is 6.47. The molecule has 0 atom stereocenters. The van der Waals surface area contributed by atoms with Crippen molar-refractivity contribution >= 4 is 33.4 Å². The first kappa shape index (κ1) is 17.8. The van der Waals surface area contributed by atoms with Crippen LogP contribution in [0.25, 0.3) is 21.8 Å². The van der Waals surface area contributed by atoms with Crippen molar-refractivity contribution in [3.8, 4) is 0 Å². The summed E-state index contributed by atoms with van der Waals surface area (Å²) in [6.45, 7) is 4.36. The number of H-pyrrole nitrogens is 2. The van der Waals surface area contributed by atoms with Crippen LogP contribution in [-0.2, 0) is 10.2 Å². The van der Waals surface area contributed by atoms with E-state index in [0.29, 0.717) is 6.54 Å². The molecule has 4 nitrogen and oxygen atoms in total. The number of anilines is 1. The van der Waals surface area contributed by atoms with E-state index in [9.17, 15) is 4.79 Å². The lowest BCUT2D eigenvalue weighted by molar-refractivity contribution is -0.120. The van der Waals surface area contributed by atoms with Crippen LogP contribution in [0.2, 0.25) is 0 Å². The van der Waals surface area contributed by atoms with E-state index in [0.717, 1.165) is 44.2 Å². The Morgan fingerprint density at radius 3 is 1.94 bits per heavy atom. The number of fused-ring (bicyclic) bond motifs is 3. The topological polar surface area (TPSA) is 51.9 Å². The van der Waals surface area contributed by atoms with Crippen molar-refractivity contribution in [1.29, 1.82) is 0 Å². The lowest BCUT2D eigenvalue weighted by Gasteiger charge is -2.29. The van der Waals surface area contributed by atoms with Gasteiger partial charge in [0, 0.05) is 63.1 Å². The molecular formula is C27H21N3O. The standard InChI is InChI=1S/C27H21N3O/c1-2-15-30-25-14-8-5-11-20(25)27(26(30)31,21-16-28-23-12-6-3-9-18(21)23)22-17-29-24-13-7-4-10-19(22)24/h2-14,16-17,28-29H,1,15H2. The summed E-state index contributed by atoms with van der Waals surface area (Å²) in [5.74, 6) is 0.0445. The molecule has 0 saturated heterocycles. The lowest BCUT2D eigenvalue weighted by Crippen LogP contribution is -2.42. The minimum atomic E-state index is -0.960. The third kappa shape index (κ3) is 2.22. The number of benzene rings is 3. The molecule has 0 bridgehead atoms. The number of nitrogens with zero attached hydrogens (tertiary/aromatic N) is 1. The van der Waals surface area contributed by atoms with E-state index in [4.69, 9.17) is 0 Å². The fraction of sp³-hybridized carbons (Fsp3) is 0.0741. The molecule has 0 unspecified atom stereocenters. The Balaban J connectivity index is 1.79. The van der Waals surface area contributed by atoms with Gasteiger partial charge in [-0.2, -0.15) is 0 Å². The van der Waals surface area contributed by atoms with Crippen LogP contribution in [0.5, 0.6) is 0 Å². The summed E-state index contributed by atoms with van der Waals surface area (Å²) in [7, 11) is 0. The summed E-state index contributed by atoms with van der Waals surface area (Å²) in [6.07, 6.45) is 5.78. The second-order valence-corrected chi connectivity index (χ2v) is 7.97. The van der Waals surface area contributed by atoms with Crippen LogP contribution in [-0.4, -0.2) is 22.4 Å². The van der Waals surface area contributed by atoms with Crippen molar-refractivity contribution < 1.29 is 4.79 Å². The molecule has 0 spiro atoms. The molecule has 1 aliphatic heterocycles. The van der Waals surface area contributed by atoms with Crippen LogP contribution >= 0.6 is 0 Å². The van der Waals surface area contributed by atoms with Crippen LogP contribution in [0.3, 0.4) is 0 Å². The monoisotopic (exact) mass is 403 g/mol. The van der Waals surface area contributed by atoms with Crippen LogP contribution < -0.4 is 4.90 Å². The Hall–Kier alpha value is -4.05. The molecule has 0 radical (unpaired) electrons. The first-order valence-corrected chi connectivity index (χ1v) is 10.4. The minimum Gasteiger partial charge on any atom is -0.361 e. The maximum absolute atomic E-state index is 14.4. The molecular weight excluding hydrogens is 382 g/mol. The third-order valence-electron chi connectivity index (χ3n) is 6.46. The van der Waals surface area contributed by atoms with Gasteiger partial charge in [0.15, 0.2) is 0 Å². The Bertz CT molecular complexity index is 1400. The molecule has 31 heavy (non-hydrogen) atoms. The van der Waals surface area contributed by atoms with Crippen molar-refractivity contribution in [2.24, 2.45) is 0 Å². The maximum Gasteiger partial charge on any atom is 0.247 e. The summed E-state index contributed by atoms with van der Waals surface area (Å²) in [4.78, 5) is 23.1. The largest absolute Gasteiger partial charge is 0.361 e. The zero-order chi connectivity index (χ0) is 21.0. The molecule has 1 amide bonds. The summed E-state index contributed by atoms with van der Waals surface area (Å²) < 4.78 is 0. The number of para-hydroxylation sites is 3. The smallest absolute Gasteiger partial charge is 0.247 e. The van der Waals surface area contributed by atoms with E-state index in [-0.39, 0.29) is 5.91 Å². The second-order valence-electron chi connectivity index (χ2n) is 7.97. The molecule has 2 aromatic heterocycles. The summed E-state index contributed by atoms with van der Waals surface area (Å²) in [5.41, 5.74) is 4.94. The predicted octanol–water partition coefficient (Wildman–Crippen LogP) is 5.52. The van der Waals surface area contributed by atoms with Gasteiger partial charge in [-0.3, -0.25) is 4.79 Å². The number of carbonyl (C=O) groups is 1. The van der Waals surface area contributed by atoms with Crippen LogP contribution in [0.15, 0.2) is 97.8 Å². The quantitative estimate of drug-likeness (QED) is 0.382. The van der Waals surface area contributed by atoms with Gasteiger partial charge >= 0.3 is 0 Å². The van der Waals surface area contributed by atoms with Gasteiger partial charge in [0.05, 0.1) is 0 Å². The molecule has 3 aromatic carbocycles. The van der Waals surface area contributed by atoms with Crippen molar-refractivity contribution in [3.63, 3.8) is 0 Å². The molecule has 4 heteroatoms. The van der Waals surface area contributed by atoms with Crippen molar-refractivity contribution in [3.05, 3.63) is 115 Å². The highest BCUT2D eigenvalue weighted by molar-refractivity contribution is 6.16. The summed E-state index contributed by atoms with van der Waals surface area (Å²) in [5, 5.41) is 2.10. The average Bonchev–Trinajstić information content (AvgIpc) is 3.49. The number of aromatic nitrogens is 2. The van der Waals surface area contributed by atoms with Gasteiger partial charge in [0.2, 0.25) is 5.91 Å². The zero-order valence-electron chi connectivity index (χ0n) is 16.9. The number of amides is 1. The Kier molecular flexibility index (Phi) is 3.71. The van der Waals surface area contributed by atoms with E-state index in [1.807, 2.05) is 59.8 Å². The maximum atomic E-state index is 14.4. The third-order valence-corrected chi connectivity index (χ3v) is 6.46. The Morgan fingerprint density at radius 1 is 0.774 bits per heavy atom. The molecule has 0 fully saturated rings. The number of hydrogen-bond donors (Lipinski definition) is 2. The van der Waals surface area contributed by atoms with E-state index >= 15 is 0 Å². The van der Waals surface area contributed by atoms with E-state index in [2.05, 4.69) is 46.9 Å². The molecule has 3 heterocycles. The number of rotatable bonds is 4. The van der Waals surface area contributed by atoms with E-state index in [1.165, 1.54) is 0 Å². The van der Waals surface area contributed by atoms with Crippen LogP contribution in [0, 0.1) is 0 Å². The van der Waals surface area contributed by atoms with Gasteiger partial charge in [0.25, 0.3) is 0 Å². The molecule has 5 aromatic rings.